The Morgan fingerprint density at radius 3 is 2.61 bits per heavy atom. The molecule has 1 aliphatic heterocycles. The Hall–Kier alpha value is -2.83. The van der Waals surface area contributed by atoms with Gasteiger partial charge in [0.2, 0.25) is 0 Å². The van der Waals surface area contributed by atoms with Gasteiger partial charge < -0.3 is 15.1 Å². The molecule has 5 rings (SSSR count). The van der Waals surface area contributed by atoms with Crippen LogP contribution in [0.5, 0.6) is 0 Å². The van der Waals surface area contributed by atoms with E-state index < -0.39 is 0 Å². The van der Waals surface area contributed by atoms with Crippen molar-refractivity contribution in [3.05, 3.63) is 88.9 Å². The van der Waals surface area contributed by atoms with Gasteiger partial charge in [0.1, 0.15) is 11.3 Å². The molecule has 1 amide bonds. The fourth-order valence-electron chi connectivity index (χ4n) is 4.13. The molecular weight excluding hydrogens is 457 g/mol. The third-order valence-electron chi connectivity index (χ3n) is 5.78. The van der Waals surface area contributed by atoms with Gasteiger partial charge in [-0.15, -0.1) is 12.4 Å². The van der Waals surface area contributed by atoms with Gasteiger partial charge in [-0.2, -0.15) is 0 Å². The number of nitrogens with one attached hydrogen (secondary N) is 2. The minimum absolute atomic E-state index is 0. The molecule has 0 aliphatic carbocycles. The van der Waals surface area contributed by atoms with Crippen LogP contribution in [0, 0.1) is 0 Å². The van der Waals surface area contributed by atoms with Gasteiger partial charge in [-0.3, -0.25) is 9.69 Å². The molecule has 0 spiro atoms. The van der Waals surface area contributed by atoms with Crippen molar-refractivity contribution in [1.82, 2.24) is 10.2 Å². The van der Waals surface area contributed by atoms with Gasteiger partial charge in [0, 0.05) is 54.3 Å². The highest BCUT2D eigenvalue weighted by Crippen LogP contribution is 2.34. The van der Waals surface area contributed by atoms with Gasteiger partial charge in [-0.1, -0.05) is 41.9 Å². The van der Waals surface area contributed by atoms with E-state index in [0.29, 0.717) is 16.3 Å². The second-order valence-electron chi connectivity index (χ2n) is 7.98. The predicted molar refractivity (Wildman–Crippen MR) is 136 cm³/mol. The second kappa shape index (κ2) is 10.4. The predicted octanol–water partition coefficient (Wildman–Crippen LogP) is 5.83. The van der Waals surface area contributed by atoms with Crippen LogP contribution in [0.25, 0.3) is 22.3 Å². The van der Waals surface area contributed by atoms with E-state index in [9.17, 15) is 4.79 Å². The van der Waals surface area contributed by atoms with E-state index >= 15 is 0 Å². The molecule has 7 heteroatoms. The van der Waals surface area contributed by atoms with Crippen molar-refractivity contribution in [2.24, 2.45) is 0 Å². The van der Waals surface area contributed by atoms with E-state index in [-0.39, 0.29) is 18.3 Å². The largest absolute Gasteiger partial charge is 0.456 e. The number of hydrogen-bond acceptors (Lipinski definition) is 4. The topological polar surface area (TPSA) is 57.5 Å². The Kier molecular flexibility index (Phi) is 7.36. The van der Waals surface area contributed by atoms with Crippen LogP contribution in [-0.4, -0.2) is 37.0 Å². The molecule has 3 aromatic carbocycles. The van der Waals surface area contributed by atoms with Crippen molar-refractivity contribution in [3.8, 4) is 11.3 Å². The van der Waals surface area contributed by atoms with Crippen LogP contribution in [0.1, 0.15) is 15.9 Å². The van der Waals surface area contributed by atoms with Gasteiger partial charge in [0.05, 0.1) is 5.69 Å². The zero-order chi connectivity index (χ0) is 21.9. The molecular formula is C26H25Cl2N3O2. The van der Waals surface area contributed by atoms with Crippen LogP contribution in [0.3, 0.4) is 0 Å². The summed E-state index contributed by atoms with van der Waals surface area (Å²) in [6, 6.07) is 22.9. The number of anilines is 1. The molecule has 0 saturated carbocycles. The Morgan fingerprint density at radius 2 is 1.79 bits per heavy atom. The number of carbonyl (C=O) groups excluding carboxylic acids is 1. The van der Waals surface area contributed by atoms with Crippen molar-refractivity contribution in [3.63, 3.8) is 0 Å². The molecule has 2 heterocycles. The lowest BCUT2D eigenvalue weighted by Crippen LogP contribution is -2.42. The molecule has 1 aliphatic rings. The minimum Gasteiger partial charge on any atom is -0.456 e. The highest BCUT2D eigenvalue weighted by molar-refractivity contribution is 6.31. The molecule has 1 aromatic heterocycles. The van der Waals surface area contributed by atoms with E-state index in [2.05, 4.69) is 27.7 Å². The van der Waals surface area contributed by atoms with Gasteiger partial charge in [0.25, 0.3) is 5.91 Å². The third-order valence-corrected chi connectivity index (χ3v) is 6.02. The molecule has 0 radical (unpaired) electrons. The van der Waals surface area contributed by atoms with E-state index in [1.165, 1.54) is 5.56 Å². The van der Waals surface area contributed by atoms with E-state index in [1.807, 2.05) is 36.4 Å². The summed E-state index contributed by atoms with van der Waals surface area (Å²) in [7, 11) is 0. The molecule has 2 N–H and O–H groups in total. The number of halogens is 2. The second-order valence-corrected chi connectivity index (χ2v) is 8.41. The maximum Gasteiger partial charge on any atom is 0.255 e. The lowest BCUT2D eigenvalue weighted by Gasteiger charge is -2.27. The summed E-state index contributed by atoms with van der Waals surface area (Å²) in [4.78, 5) is 15.2. The van der Waals surface area contributed by atoms with Gasteiger partial charge in [-0.05, 0) is 48.0 Å². The fourth-order valence-corrected chi connectivity index (χ4v) is 4.32. The summed E-state index contributed by atoms with van der Waals surface area (Å²) in [5, 5.41) is 8.04. The third kappa shape index (κ3) is 5.23. The average molecular weight is 482 g/mol. The number of furan rings is 1. The molecule has 0 bridgehead atoms. The molecule has 0 atom stereocenters. The Bertz CT molecular complexity index is 1270. The number of para-hydroxylation sites is 1. The molecule has 1 saturated heterocycles. The summed E-state index contributed by atoms with van der Waals surface area (Å²) in [5.74, 6) is 0.519. The zero-order valence-corrected chi connectivity index (χ0v) is 19.6. The summed E-state index contributed by atoms with van der Waals surface area (Å²) in [6.07, 6.45) is 0. The average Bonchev–Trinajstić information content (AvgIpc) is 3.25. The van der Waals surface area contributed by atoms with Gasteiger partial charge >= 0.3 is 0 Å². The van der Waals surface area contributed by atoms with Gasteiger partial charge in [0.15, 0.2) is 0 Å². The van der Waals surface area contributed by atoms with Crippen LogP contribution in [-0.2, 0) is 6.54 Å². The molecule has 1 fully saturated rings. The number of hydrogen-bond donors (Lipinski definition) is 2. The molecule has 0 unspecified atom stereocenters. The fraction of sp³-hybridized carbons (Fsp3) is 0.192. The molecule has 170 valence electrons. The number of piperazine rings is 1. The number of amides is 1. The minimum atomic E-state index is -0.213. The molecule has 33 heavy (non-hydrogen) atoms. The first-order chi connectivity index (χ1) is 15.7. The maximum atomic E-state index is 12.8. The normalized spacial score (nSPS) is 14.1. The van der Waals surface area contributed by atoms with Crippen molar-refractivity contribution in [2.75, 3.05) is 31.5 Å². The summed E-state index contributed by atoms with van der Waals surface area (Å²) in [5.41, 5.74) is 4.14. The lowest BCUT2D eigenvalue weighted by atomic mass is 10.1. The highest BCUT2D eigenvalue weighted by Gasteiger charge is 2.17. The lowest BCUT2D eigenvalue weighted by molar-refractivity contribution is 0.102. The Morgan fingerprint density at radius 1 is 1.00 bits per heavy atom. The first-order valence-corrected chi connectivity index (χ1v) is 11.2. The molecule has 5 nitrogen and oxygen atoms in total. The van der Waals surface area contributed by atoms with Crippen molar-refractivity contribution >= 4 is 46.6 Å². The summed E-state index contributed by atoms with van der Waals surface area (Å²) in [6.45, 7) is 5.02. The smallest absolute Gasteiger partial charge is 0.255 e. The van der Waals surface area contributed by atoms with E-state index in [4.69, 9.17) is 16.0 Å². The maximum absolute atomic E-state index is 12.8. The van der Waals surface area contributed by atoms with Crippen LogP contribution >= 0.6 is 24.0 Å². The zero-order valence-electron chi connectivity index (χ0n) is 18.0. The number of fused-ring (bicyclic) bond motifs is 1. The number of carbonyl (C=O) groups is 1. The van der Waals surface area contributed by atoms with Gasteiger partial charge in [-0.25, -0.2) is 0 Å². The Labute approximate surface area is 204 Å². The first-order valence-electron chi connectivity index (χ1n) is 10.8. The number of nitrogens with zero attached hydrogens (tertiary/aromatic N) is 1. The SMILES string of the molecule is Cl.O=C(Nc1ccccc1-c1cc2c(CN3CCNCC3)cccc2o1)c1cccc(Cl)c1. The van der Waals surface area contributed by atoms with Crippen LogP contribution < -0.4 is 10.6 Å². The quantitative estimate of drug-likeness (QED) is 0.376. The van der Waals surface area contributed by atoms with Crippen LogP contribution in [0.2, 0.25) is 5.02 Å². The first kappa shape index (κ1) is 23.3. The standard InChI is InChI=1S/C26H24ClN3O2.ClH/c27-20-7-3-5-18(15-20)26(31)29-23-9-2-1-8-21(23)25-16-22-19(6-4-10-24(22)32-25)17-30-13-11-28-12-14-30;/h1-10,15-16,28H,11-14,17H2,(H,29,31);1H. The number of rotatable bonds is 5. The van der Waals surface area contributed by atoms with Crippen LogP contribution in [0.15, 0.2) is 77.2 Å². The molecule has 4 aromatic rings. The van der Waals surface area contributed by atoms with E-state index in [0.717, 1.165) is 55.0 Å². The summed E-state index contributed by atoms with van der Waals surface area (Å²) >= 11 is 6.05. The highest BCUT2D eigenvalue weighted by atomic mass is 35.5. The van der Waals surface area contributed by atoms with Crippen molar-refractivity contribution < 1.29 is 9.21 Å². The van der Waals surface area contributed by atoms with E-state index in [1.54, 1.807) is 24.3 Å². The summed E-state index contributed by atoms with van der Waals surface area (Å²) < 4.78 is 6.23. The van der Waals surface area contributed by atoms with Crippen molar-refractivity contribution in [2.45, 2.75) is 6.54 Å². The number of benzene rings is 3. The monoisotopic (exact) mass is 481 g/mol. The van der Waals surface area contributed by atoms with Crippen LogP contribution in [0.4, 0.5) is 5.69 Å². The Balaban J connectivity index is 0.00000259. The van der Waals surface area contributed by atoms with Crippen molar-refractivity contribution in [1.29, 1.82) is 0 Å².